The second kappa shape index (κ2) is 4.91. The molecule has 1 aromatic rings. The molecule has 0 aliphatic heterocycles. The molecule has 1 aromatic carbocycles. The first-order valence-corrected chi connectivity index (χ1v) is 5.03. The van der Waals surface area contributed by atoms with Gasteiger partial charge in [-0.3, -0.25) is 0 Å². The van der Waals surface area contributed by atoms with Crippen LogP contribution in [0.5, 0.6) is 0 Å². The number of anilines is 1. The highest BCUT2D eigenvalue weighted by atomic mass is 19.4. The first-order valence-electron chi connectivity index (χ1n) is 5.03. The lowest BCUT2D eigenvalue weighted by Crippen LogP contribution is -2.31. The molecule has 0 saturated carbocycles. The molecule has 0 saturated heterocycles. The van der Waals surface area contributed by atoms with Crippen LogP contribution in [0.15, 0.2) is 18.2 Å². The van der Waals surface area contributed by atoms with Gasteiger partial charge in [-0.05, 0) is 24.6 Å². The van der Waals surface area contributed by atoms with Crippen molar-refractivity contribution in [1.29, 1.82) is 0 Å². The van der Waals surface area contributed by atoms with E-state index < -0.39 is 18.5 Å². The third-order valence-corrected chi connectivity index (χ3v) is 2.33. The SMILES string of the molecule is C[C@@H](N)c1ccc(N(C)CC(F)(F)F)c(F)c1. The number of alkyl halides is 3. The third-order valence-electron chi connectivity index (χ3n) is 2.33. The summed E-state index contributed by atoms with van der Waals surface area (Å²) in [4.78, 5) is 0.820. The van der Waals surface area contributed by atoms with Crippen LogP contribution in [0, 0.1) is 5.82 Å². The predicted octanol–water partition coefficient (Wildman–Crippen LogP) is 2.84. The maximum Gasteiger partial charge on any atom is 0.405 e. The minimum atomic E-state index is -4.36. The van der Waals surface area contributed by atoms with Gasteiger partial charge in [0, 0.05) is 13.1 Å². The van der Waals surface area contributed by atoms with Gasteiger partial charge in [-0.1, -0.05) is 6.07 Å². The predicted molar refractivity (Wildman–Crippen MR) is 58.3 cm³/mol. The van der Waals surface area contributed by atoms with Crippen molar-refractivity contribution in [1.82, 2.24) is 0 Å². The Hall–Kier alpha value is -1.30. The first kappa shape index (κ1) is 13.8. The number of benzene rings is 1. The number of hydrogen-bond donors (Lipinski definition) is 1. The molecule has 0 aromatic heterocycles. The van der Waals surface area contributed by atoms with E-state index in [1.807, 2.05) is 0 Å². The number of rotatable bonds is 3. The molecular formula is C11H14F4N2. The Morgan fingerprint density at radius 2 is 1.94 bits per heavy atom. The van der Waals surface area contributed by atoms with Crippen molar-refractivity contribution in [2.75, 3.05) is 18.5 Å². The maximum atomic E-state index is 13.6. The normalized spacial score (nSPS) is 13.6. The van der Waals surface area contributed by atoms with Crippen molar-refractivity contribution in [3.63, 3.8) is 0 Å². The molecule has 0 radical (unpaired) electrons. The Morgan fingerprint density at radius 3 is 2.35 bits per heavy atom. The fourth-order valence-corrected chi connectivity index (χ4v) is 1.47. The second-order valence-corrected chi connectivity index (χ2v) is 3.97. The van der Waals surface area contributed by atoms with E-state index in [0.717, 1.165) is 11.0 Å². The summed E-state index contributed by atoms with van der Waals surface area (Å²) in [6.07, 6.45) is -4.36. The van der Waals surface area contributed by atoms with Crippen LogP contribution in [0.3, 0.4) is 0 Å². The van der Waals surface area contributed by atoms with Gasteiger partial charge in [0.1, 0.15) is 12.4 Å². The summed E-state index contributed by atoms with van der Waals surface area (Å²) < 4.78 is 50.0. The Labute approximate surface area is 97.0 Å². The molecule has 0 fully saturated rings. The lowest BCUT2D eigenvalue weighted by Gasteiger charge is -2.22. The first-order chi connectivity index (χ1) is 7.70. The van der Waals surface area contributed by atoms with Crippen LogP contribution >= 0.6 is 0 Å². The van der Waals surface area contributed by atoms with Gasteiger partial charge in [-0.2, -0.15) is 13.2 Å². The molecule has 0 aliphatic rings. The van der Waals surface area contributed by atoms with Gasteiger partial charge in [0.05, 0.1) is 5.69 Å². The molecule has 1 atom stereocenters. The third kappa shape index (κ3) is 3.89. The summed E-state index contributed by atoms with van der Waals surface area (Å²) >= 11 is 0. The Bertz CT molecular complexity index is 388. The second-order valence-electron chi connectivity index (χ2n) is 3.97. The highest BCUT2D eigenvalue weighted by molar-refractivity contribution is 5.49. The Kier molecular flexibility index (Phi) is 3.98. The molecule has 0 amide bonds. The molecule has 1 rings (SSSR count). The molecule has 17 heavy (non-hydrogen) atoms. The Morgan fingerprint density at radius 1 is 1.35 bits per heavy atom. The molecule has 2 nitrogen and oxygen atoms in total. The van der Waals surface area contributed by atoms with Crippen molar-refractivity contribution in [2.24, 2.45) is 5.73 Å². The van der Waals surface area contributed by atoms with Crippen molar-refractivity contribution in [2.45, 2.75) is 19.1 Å². The van der Waals surface area contributed by atoms with Gasteiger partial charge in [-0.15, -0.1) is 0 Å². The number of hydrogen-bond acceptors (Lipinski definition) is 2. The van der Waals surface area contributed by atoms with Crippen LogP contribution in [-0.2, 0) is 0 Å². The van der Waals surface area contributed by atoms with Gasteiger partial charge < -0.3 is 10.6 Å². The summed E-state index contributed by atoms with van der Waals surface area (Å²) in [6, 6.07) is 3.63. The minimum absolute atomic E-state index is 0.0910. The summed E-state index contributed by atoms with van der Waals surface area (Å²) in [5, 5.41) is 0. The number of nitrogens with zero attached hydrogens (tertiary/aromatic N) is 1. The van der Waals surface area contributed by atoms with E-state index in [-0.39, 0.29) is 11.7 Å². The van der Waals surface area contributed by atoms with E-state index in [2.05, 4.69) is 0 Å². The fraction of sp³-hybridized carbons (Fsp3) is 0.455. The lowest BCUT2D eigenvalue weighted by atomic mass is 10.1. The number of halogens is 4. The molecule has 0 unspecified atom stereocenters. The zero-order valence-corrected chi connectivity index (χ0v) is 9.55. The largest absolute Gasteiger partial charge is 0.405 e. The van der Waals surface area contributed by atoms with Gasteiger partial charge in [0.2, 0.25) is 0 Å². The monoisotopic (exact) mass is 250 g/mol. The summed E-state index contributed by atoms with van der Waals surface area (Å²) in [5.74, 6) is -0.702. The van der Waals surface area contributed by atoms with Crippen molar-refractivity contribution in [3.8, 4) is 0 Å². The topological polar surface area (TPSA) is 29.3 Å². The molecule has 0 bridgehead atoms. The van der Waals surface area contributed by atoms with Crippen molar-refractivity contribution < 1.29 is 17.6 Å². The standard InChI is InChI=1S/C11H14F4N2/c1-7(16)8-3-4-10(9(12)5-8)17(2)6-11(13,14)15/h3-5,7H,6,16H2,1-2H3/t7-/m1/s1. The molecule has 6 heteroatoms. The molecule has 0 aliphatic carbocycles. The van der Waals surface area contributed by atoms with Crippen molar-refractivity contribution in [3.05, 3.63) is 29.6 Å². The van der Waals surface area contributed by atoms with E-state index in [1.54, 1.807) is 6.92 Å². The van der Waals surface area contributed by atoms with Gasteiger partial charge in [0.25, 0.3) is 0 Å². The van der Waals surface area contributed by atoms with Crippen LogP contribution in [0.2, 0.25) is 0 Å². The molecule has 2 N–H and O–H groups in total. The van der Waals surface area contributed by atoms with Crippen LogP contribution < -0.4 is 10.6 Å². The van der Waals surface area contributed by atoms with E-state index in [1.165, 1.54) is 19.2 Å². The molecule has 96 valence electrons. The van der Waals surface area contributed by atoms with Gasteiger partial charge in [0.15, 0.2) is 0 Å². The Balaban J connectivity index is 2.92. The molecule has 0 spiro atoms. The van der Waals surface area contributed by atoms with Crippen LogP contribution in [0.25, 0.3) is 0 Å². The van der Waals surface area contributed by atoms with Crippen LogP contribution in [-0.4, -0.2) is 19.8 Å². The van der Waals surface area contributed by atoms with E-state index >= 15 is 0 Å². The zero-order chi connectivity index (χ0) is 13.2. The number of nitrogens with two attached hydrogens (primary N) is 1. The van der Waals surface area contributed by atoms with Crippen LogP contribution in [0.1, 0.15) is 18.5 Å². The van der Waals surface area contributed by atoms with E-state index in [0.29, 0.717) is 5.56 Å². The zero-order valence-electron chi connectivity index (χ0n) is 9.55. The lowest BCUT2D eigenvalue weighted by molar-refractivity contribution is -0.119. The van der Waals surface area contributed by atoms with Crippen molar-refractivity contribution >= 4 is 5.69 Å². The minimum Gasteiger partial charge on any atom is -0.363 e. The molecular weight excluding hydrogens is 236 g/mol. The smallest absolute Gasteiger partial charge is 0.363 e. The maximum absolute atomic E-state index is 13.6. The molecule has 0 heterocycles. The average molecular weight is 250 g/mol. The summed E-state index contributed by atoms with van der Waals surface area (Å²) in [7, 11) is 1.19. The van der Waals surface area contributed by atoms with E-state index in [9.17, 15) is 17.6 Å². The fourth-order valence-electron chi connectivity index (χ4n) is 1.47. The average Bonchev–Trinajstić information content (AvgIpc) is 2.14. The van der Waals surface area contributed by atoms with Gasteiger partial charge in [-0.25, -0.2) is 4.39 Å². The summed E-state index contributed by atoms with van der Waals surface area (Å²) in [6.45, 7) is 0.481. The quantitative estimate of drug-likeness (QED) is 0.836. The summed E-state index contributed by atoms with van der Waals surface area (Å²) in [5.41, 5.74) is 6.01. The van der Waals surface area contributed by atoms with E-state index in [4.69, 9.17) is 5.73 Å². The van der Waals surface area contributed by atoms with Gasteiger partial charge >= 0.3 is 6.18 Å². The highest BCUT2D eigenvalue weighted by Crippen LogP contribution is 2.25. The highest BCUT2D eigenvalue weighted by Gasteiger charge is 2.30. The van der Waals surface area contributed by atoms with Crippen LogP contribution in [0.4, 0.5) is 23.2 Å².